The number of hydrogen-bond acceptors (Lipinski definition) is 5. The summed E-state index contributed by atoms with van der Waals surface area (Å²) in [4.78, 5) is 38.2. The molecule has 9 heteroatoms. The maximum absolute atomic E-state index is 11.8. The quantitative estimate of drug-likeness (QED) is 0.702. The van der Waals surface area contributed by atoms with E-state index in [0.717, 1.165) is 0 Å². The highest BCUT2D eigenvalue weighted by molar-refractivity contribution is 6.27. The van der Waals surface area contributed by atoms with Crippen molar-refractivity contribution in [2.24, 2.45) is 0 Å². The minimum absolute atomic E-state index is 0.151. The number of hydrogen-bond donors (Lipinski definition) is 2. The highest BCUT2D eigenvalue weighted by Crippen LogP contribution is 2.28. The molecule has 1 saturated heterocycles. The molecule has 0 aliphatic carbocycles. The molecular formula is C13H18ClN3O5. The molecule has 22 heavy (non-hydrogen) atoms. The largest absolute Gasteiger partial charge is 0.390 e. The summed E-state index contributed by atoms with van der Waals surface area (Å²) in [7, 11) is 1.56. The second-order valence-corrected chi connectivity index (χ2v) is 5.59. The molecule has 1 aliphatic rings. The molecule has 2 N–H and O–H groups in total. The van der Waals surface area contributed by atoms with E-state index in [-0.39, 0.29) is 24.8 Å². The second kappa shape index (κ2) is 6.64. The molecule has 3 unspecified atom stereocenters. The van der Waals surface area contributed by atoms with Crippen LogP contribution in [0.15, 0.2) is 15.8 Å². The number of aliphatic hydroxyl groups is 1. The van der Waals surface area contributed by atoms with Crippen LogP contribution in [0.1, 0.15) is 18.2 Å². The number of amides is 1. The molecule has 8 nitrogen and oxygen atoms in total. The third-order valence-electron chi connectivity index (χ3n) is 3.65. The Balaban J connectivity index is 2.14. The van der Waals surface area contributed by atoms with Crippen molar-refractivity contribution in [3.05, 3.63) is 32.6 Å². The van der Waals surface area contributed by atoms with Crippen LogP contribution in [0.2, 0.25) is 0 Å². The van der Waals surface area contributed by atoms with Crippen molar-refractivity contribution in [3.8, 4) is 0 Å². The number of rotatable bonds is 4. The number of halogens is 1. The maximum Gasteiger partial charge on any atom is 0.330 e. The number of H-pyrrole nitrogens is 1. The number of likely N-dealkylation sites (N-methyl/N-ethyl adjacent to an activating group) is 1. The minimum Gasteiger partial charge on any atom is -0.390 e. The van der Waals surface area contributed by atoms with Crippen molar-refractivity contribution in [2.75, 3.05) is 19.5 Å². The molecular weight excluding hydrogens is 314 g/mol. The summed E-state index contributed by atoms with van der Waals surface area (Å²) in [5.41, 5.74) is -0.682. The zero-order valence-corrected chi connectivity index (χ0v) is 13.0. The van der Waals surface area contributed by atoms with Crippen LogP contribution in [0.4, 0.5) is 0 Å². The normalized spacial score (nSPS) is 24.5. The summed E-state index contributed by atoms with van der Waals surface area (Å²) in [6, 6.07) is 0. The van der Waals surface area contributed by atoms with Crippen molar-refractivity contribution >= 4 is 17.5 Å². The first kappa shape index (κ1) is 16.7. The van der Waals surface area contributed by atoms with Crippen LogP contribution in [0.25, 0.3) is 0 Å². The van der Waals surface area contributed by atoms with Gasteiger partial charge in [0.05, 0.1) is 6.10 Å². The highest BCUT2D eigenvalue weighted by Gasteiger charge is 2.36. The van der Waals surface area contributed by atoms with Gasteiger partial charge in [0.25, 0.3) is 5.56 Å². The van der Waals surface area contributed by atoms with Gasteiger partial charge in [0.1, 0.15) is 18.2 Å². The first-order chi connectivity index (χ1) is 10.3. The lowest BCUT2D eigenvalue weighted by Crippen LogP contribution is -2.39. The van der Waals surface area contributed by atoms with Crippen molar-refractivity contribution in [1.29, 1.82) is 0 Å². The summed E-state index contributed by atoms with van der Waals surface area (Å²) >= 11 is 5.47. The van der Waals surface area contributed by atoms with Gasteiger partial charge in [0.15, 0.2) is 0 Å². The summed E-state index contributed by atoms with van der Waals surface area (Å²) in [5.74, 6) is -0.431. The number of nitrogens with zero attached hydrogens (tertiary/aromatic N) is 2. The van der Waals surface area contributed by atoms with Gasteiger partial charge in [-0.3, -0.25) is 19.1 Å². The van der Waals surface area contributed by atoms with Crippen LogP contribution >= 0.6 is 11.6 Å². The number of ether oxygens (including phenoxy) is 1. The van der Waals surface area contributed by atoms with E-state index in [1.54, 1.807) is 14.0 Å². The summed E-state index contributed by atoms with van der Waals surface area (Å²) < 4.78 is 6.89. The lowest BCUT2D eigenvalue weighted by molar-refractivity contribution is -0.130. The number of carbonyl (C=O) groups is 1. The maximum atomic E-state index is 11.8. The van der Waals surface area contributed by atoms with E-state index >= 15 is 0 Å². The van der Waals surface area contributed by atoms with Gasteiger partial charge in [-0.25, -0.2) is 4.79 Å². The predicted octanol–water partition coefficient (Wildman–Crippen LogP) is -0.809. The first-order valence-electron chi connectivity index (χ1n) is 6.79. The van der Waals surface area contributed by atoms with Crippen LogP contribution in [0, 0.1) is 6.92 Å². The lowest BCUT2D eigenvalue weighted by atomic mass is 10.1. The van der Waals surface area contributed by atoms with Crippen LogP contribution in [0.3, 0.4) is 0 Å². The third kappa shape index (κ3) is 3.40. The number of aliphatic hydroxyl groups excluding tert-OH is 1. The monoisotopic (exact) mass is 331 g/mol. The Morgan fingerprint density at radius 3 is 2.91 bits per heavy atom. The van der Waals surface area contributed by atoms with Crippen molar-refractivity contribution < 1.29 is 14.6 Å². The molecule has 3 atom stereocenters. The molecule has 1 fully saturated rings. The van der Waals surface area contributed by atoms with E-state index in [9.17, 15) is 19.5 Å². The van der Waals surface area contributed by atoms with Gasteiger partial charge in [-0.2, -0.15) is 0 Å². The van der Waals surface area contributed by atoms with Crippen molar-refractivity contribution in [3.63, 3.8) is 0 Å². The molecule has 0 spiro atoms. The van der Waals surface area contributed by atoms with E-state index < -0.39 is 29.7 Å². The molecule has 0 radical (unpaired) electrons. The van der Waals surface area contributed by atoms with Gasteiger partial charge in [0, 0.05) is 31.8 Å². The number of nitrogens with one attached hydrogen (secondary N) is 1. The van der Waals surface area contributed by atoms with Gasteiger partial charge >= 0.3 is 5.69 Å². The molecule has 2 rings (SSSR count). The molecule has 1 aromatic rings. The number of aryl methyl sites for hydroxylation is 1. The fourth-order valence-corrected chi connectivity index (χ4v) is 2.53. The molecule has 0 bridgehead atoms. The second-order valence-electron chi connectivity index (χ2n) is 5.32. The van der Waals surface area contributed by atoms with Gasteiger partial charge in [-0.15, -0.1) is 11.6 Å². The highest BCUT2D eigenvalue weighted by atomic mass is 35.5. The fourth-order valence-electron chi connectivity index (χ4n) is 2.32. The number of aromatic nitrogens is 2. The molecule has 1 amide bonds. The van der Waals surface area contributed by atoms with Crippen LogP contribution in [0.5, 0.6) is 0 Å². The Morgan fingerprint density at radius 2 is 2.27 bits per heavy atom. The van der Waals surface area contributed by atoms with Crippen molar-refractivity contribution in [2.45, 2.75) is 31.8 Å². The standard InChI is InChI=1S/C13H18ClN3O5/c1-7-5-17(13(21)15-12(7)20)11-3-8(18)9(22-11)6-16(2)10(19)4-14/h5,8-9,11,18H,3-4,6H2,1-2H3,(H,15,20,21). The topological polar surface area (TPSA) is 105 Å². The van der Waals surface area contributed by atoms with Gasteiger partial charge in [-0.05, 0) is 6.92 Å². The number of carbonyl (C=O) groups excluding carboxylic acids is 1. The summed E-state index contributed by atoms with van der Waals surface area (Å²) in [5, 5.41) is 10.1. The van der Waals surface area contributed by atoms with Gasteiger partial charge in [-0.1, -0.05) is 0 Å². The molecule has 0 saturated carbocycles. The lowest BCUT2D eigenvalue weighted by Gasteiger charge is -2.22. The molecule has 2 heterocycles. The predicted molar refractivity (Wildman–Crippen MR) is 79.0 cm³/mol. The van der Waals surface area contributed by atoms with E-state index in [2.05, 4.69) is 4.98 Å². The van der Waals surface area contributed by atoms with Crippen LogP contribution in [-0.4, -0.2) is 57.1 Å². The summed E-state index contributed by atoms with van der Waals surface area (Å²) in [6.07, 6.45) is -0.549. The van der Waals surface area contributed by atoms with Crippen LogP contribution in [-0.2, 0) is 9.53 Å². The van der Waals surface area contributed by atoms with E-state index in [0.29, 0.717) is 5.56 Å². The Labute approximate surface area is 131 Å². The summed E-state index contributed by atoms with van der Waals surface area (Å²) in [6.45, 7) is 1.74. The van der Waals surface area contributed by atoms with E-state index in [4.69, 9.17) is 16.3 Å². The third-order valence-corrected chi connectivity index (χ3v) is 3.88. The van der Waals surface area contributed by atoms with E-state index in [1.807, 2.05) is 0 Å². The zero-order chi connectivity index (χ0) is 16.4. The fraction of sp³-hybridized carbons (Fsp3) is 0.615. The molecule has 0 aromatic carbocycles. The minimum atomic E-state index is -0.824. The zero-order valence-electron chi connectivity index (χ0n) is 12.3. The SMILES string of the molecule is Cc1cn(C2CC(O)C(CN(C)C(=O)CCl)O2)c(=O)[nH]c1=O. The Morgan fingerprint density at radius 1 is 1.59 bits per heavy atom. The molecule has 1 aromatic heterocycles. The number of alkyl halides is 1. The number of aromatic amines is 1. The van der Waals surface area contributed by atoms with Gasteiger partial charge in [0.2, 0.25) is 5.91 Å². The average molecular weight is 332 g/mol. The smallest absolute Gasteiger partial charge is 0.330 e. The average Bonchev–Trinajstić information content (AvgIpc) is 2.82. The van der Waals surface area contributed by atoms with Gasteiger partial charge < -0.3 is 14.7 Å². The van der Waals surface area contributed by atoms with E-state index in [1.165, 1.54) is 15.7 Å². The Kier molecular flexibility index (Phi) is 5.05. The van der Waals surface area contributed by atoms with Crippen molar-refractivity contribution in [1.82, 2.24) is 14.5 Å². The molecule has 122 valence electrons. The van der Waals surface area contributed by atoms with Crippen LogP contribution < -0.4 is 11.2 Å². The first-order valence-corrected chi connectivity index (χ1v) is 7.32. The Bertz CT molecular complexity index is 670. The molecule has 1 aliphatic heterocycles. The Hall–Kier alpha value is -1.64.